The minimum atomic E-state index is -0.738. The van der Waals surface area contributed by atoms with Crippen molar-refractivity contribution in [1.29, 1.82) is 0 Å². The normalized spacial score (nSPS) is 9.38. The van der Waals surface area contributed by atoms with E-state index in [-0.39, 0.29) is 22.2 Å². The molecule has 1 aromatic rings. The van der Waals surface area contributed by atoms with Gasteiger partial charge in [0.15, 0.2) is 6.29 Å². The number of allylic oxidation sites excluding steroid dienone is 1. The molecular formula is C10H9ClN2O3. The first-order valence-corrected chi connectivity index (χ1v) is 4.66. The number of hydrogen-bond acceptors (Lipinski definition) is 4. The Labute approximate surface area is 97.1 Å². The van der Waals surface area contributed by atoms with E-state index in [0.29, 0.717) is 6.29 Å². The van der Waals surface area contributed by atoms with E-state index in [0.717, 1.165) is 0 Å². The Morgan fingerprint density at radius 1 is 1.69 bits per heavy atom. The van der Waals surface area contributed by atoms with Crippen LogP contribution in [-0.2, 0) is 4.74 Å². The molecule has 1 N–H and O–H groups in total. The van der Waals surface area contributed by atoms with Crippen molar-refractivity contribution in [1.82, 2.24) is 4.98 Å². The van der Waals surface area contributed by atoms with Crippen molar-refractivity contribution in [2.75, 3.05) is 5.32 Å². The second-order valence-corrected chi connectivity index (χ2v) is 3.26. The second-order valence-electron chi connectivity index (χ2n) is 2.90. The topological polar surface area (TPSA) is 68.3 Å². The highest BCUT2D eigenvalue weighted by molar-refractivity contribution is 6.32. The molecule has 0 saturated carbocycles. The van der Waals surface area contributed by atoms with Crippen LogP contribution < -0.4 is 5.32 Å². The minimum Gasteiger partial charge on any atom is -0.416 e. The molecule has 1 rings (SSSR count). The van der Waals surface area contributed by atoms with Crippen LogP contribution in [0, 0.1) is 0 Å². The maximum absolute atomic E-state index is 11.2. The summed E-state index contributed by atoms with van der Waals surface area (Å²) in [6.07, 6.45) is 1.13. The monoisotopic (exact) mass is 240 g/mol. The number of amides is 1. The van der Waals surface area contributed by atoms with Crippen molar-refractivity contribution in [3.63, 3.8) is 0 Å². The van der Waals surface area contributed by atoms with Gasteiger partial charge in [-0.15, -0.1) is 0 Å². The van der Waals surface area contributed by atoms with Gasteiger partial charge in [-0.3, -0.25) is 10.1 Å². The largest absolute Gasteiger partial charge is 0.416 e. The van der Waals surface area contributed by atoms with Crippen LogP contribution in [0.2, 0.25) is 5.15 Å². The number of carbonyl (C=O) groups is 2. The van der Waals surface area contributed by atoms with Gasteiger partial charge in [-0.1, -0.05) is 18.2 Å². The van der Waals surface area contributed by atoms with E-state index in [1.165, 1.54) is 19.2 Å². The average molecular weight is 241 g/mol. The highest BCUT2D eigenvalue weighted by atomic mass is 35.5. The summed E-state index contributed by atoms with van der Waals surface area (Å²) in [6, 6.07) is 1.44. The number of aromatic nitrogens is 1. The number of nitrogens with zero attached hydrogens (tertiary/aromatic N) is 1. The van der Waals surface area contributed by atoms with Gasteiger partial charge in [0.2, 0.25) is 0 Å². The molecule has 1 aromatic heterocycles. The number of aldehydes is 1. The van der Waals surface area contributed by atoms with Crippen molar-refractivity contribution < 1.29 is 14.3 Å². The maximum Gasteiger partial charge on any atom is 0.416 e. The van der Waals surface area contributed by atoms with Gasteiger partial charge in [0, 0.05) is 6.20 Å². The molecule has 6 heteroatoms. The van der Waals surface area contributed by atoms with Crippen LogP contribution in [-0.4, -0.2) is 17.4 Å². The predicted octanol–water partition coefficient (Wildman–Crippen LogP) is 2.63. The summed E-state index contributed by atoms with van der Waals surface area (Å²) in [4.78, 5) is 25.6. The van der Waals surface area contributed by atoms with E-state index in [1.807, 2.05) is 0 Å². The second kappa shape index (κ2) is 5.27. The van der Waals surface area contributed by atoms with Crippen molar-refractivity contribution in [2.24, 2.45) is 0 Å². The van der Waals surface area contributed by atoms with Gasteiger partial charge in [0.1, 0.15) is 5.15 Å². The summed E-state index contributed by atoms with van der Waals surface area (Å²) >= 11 is 5.67. The third kappa shape index (κ3) is 3.06. The fourth-order valence-corrected chi connectivity index (χ4v) is 1.17. The van der Waals surface area contributed by atoms with Gasteiger partial charge in [-0.05, 0) is 13.0 Å². The molecule has 0 aromatic carbocycles. The van der Waals surface area contributed by atoms with E-state index in [1.54, 1.807) is 0 Å². The molecule has 1 heterocycles. The molecular weight excluding hydrogens is 232 g/mol. The van der Waals surface area contributed by atoms with Crippen LogP contribution >= 0.6 is 11.6 Å². The lowest BCUT2D eigenvalue weighted by atomic mass is 10.2. The van der Waals surface area contributed by atoms with Gasteiger partial charge in [-0.2, -0.15) is 0 Å². The Balaban J connectivity index is 2.89. The van der Waals surface area contributed by atoms with Crippen LogP contribution in [0.4, 0.5) is 10.5 Å². The summed E-state index contributed by atoms with van der Waals surface area (Å²) in [5, 5.41) is 2.37. The standard InChI is InChI=1S/C10H9ClN2O3/c1-6(2)16-10(15)13-8-3-4-12-9(11)7(8)5-14/h3-5H,1H2,2H3,(H,12,13,15). The third-order valence-electron chi connectivity index (χ3n) is 1.56. The molecule has 0 aliphatic carbocycles. The van der Waals surface area contributed by atoms with Gasteiger partial charge >= 0.3 is 6.09 Å². The first kappa shape index (κ1) is 12.2. The van der Waals surface area contributed by atoms with Crippen LogP contribution in [0.15, 0.2) is 24.6 Å². The molecule has 0 bridgehead atoms. The Bertz CT molecular complexity index is 446. The Hall–Kier alpha value is -1.88. The smallest absolute Gasteiger partial charge is 0.416 e. The van der Waals surface area contributed by atoms with Gasteiger partial charge in [0.25, 0.3) is 0 Å². The van der Waals surface area contributed by atoms with E-state index in [9.17, 15) is 9.59 Å². The van der Waals surface area contributed by atoms with Crippen LogP contribution in [0.1, 0.15) is 17.3 Å². The van der Waals surface area contributed by atoms with Crippen molar-refractivity contribution >= 4 is 29.7 Å². The fraction of sp³-hybridized carbons (Fsp3) is 0.100. The number of anilines is 1. The average Bonchev–Trinajstić information content (AvgIpc) is 2.16. The molecule has 0 radical (unpaired) electrons. The molecule has 84 valence electrons. The predicted molar refractivity (Wildman–Crippen MR) is 59.6 cm³/mol. The number of halogens is 1. The summed E-state index contributed by atoms with van der Waals surface area (Å²) in [7, 11) is 0. The van der Waals surface area contributed by atoms with E-state index >= 15 is 0 Å². The van der Waals surface area contributed by atoms with Crippen molar-refractivity contribution in [2.45, 2.75) is 6.92 Å². The molecule has 0 unspecified atom stereocenters. The highest BCUT2D eigenvalue weighted by Crippen LogP contribution is 2.20. The van der Waals surface area contributed by atoms with E-state index in [2.05, 4.69) is 21.6 Å². The Morgan fingerprint density at radius 2 is 2.38 bits per heavy atom. The minimum absolute atomic E-state index is 0.0168. The number of rotatable bonds is 3. The molecule has 0 fully saturated rings. The number of pyridine rings is 1. The van der Waals surface area contributed by atoms with Gasteiger partial charge in [-0.25, -0.2) is 9.78 Å². The molecule has 0 aliphatic rings. The molecule has 0 spiro atoms. The number of ether oxygens (including phenoxy) is 1. The number of hydrogen-bond donors (Lipinski definition) is 1. The van der Waals surface area contributed by atoms with Crippen LogP contribution in [0.5, 0.6) is 0 Å². The van der Waals surface area contributed by atoms with E-state index < -0.39 is 6.09 Å². The van der Waals surface area contributed by atoms with Gasteiger partial charge in [0.05, 0.1) is 17.0 Å². The summed E-state index contributed by atoms with van der Waals surface area (Å²) in [5.41, 5.74) is 0.337. The van der Waals surface area contributed by atoms with E-state index in [4.69, 9.17) is 11.6 Å². The zero-order chi connectivity index (χ0) is 12.1. The number of nitrogens with one attached hydrogen (secondary N) is 1. The SMILES string of the molecule is C=C(C)OC(=O)Nc1ccnc(Cl)c1C=O. The zero-order valence-corrected chi connectivity index (χ0v) is 9.25. The molecule has 0 saturated heterocycles. The van der Waals surface area contributed by atoms with Crippen molar-refractivity contribution in [3.05, 3.63) is 35.3 Å². The zero-order valence-electron chi connectivity index (χ0n) is 8.49. The summed E-state index contributed by atoms with van der Waals surface area (Å²) in [6.45, 7) is 4.93. The molecule has 5 nitrogen and oxygen atoms in total. The molecule has 16 heavy (non-hydrogen) atoms. The third-order valence-corrected chi connectivity index (χ3v) is 1.86. The lowest BCUT2D eigenvalue weighted by Gasteiger charge is -2.08. The summed E-state index contributed by atoms with van der Waals surface area (Å²) < 4.78 is 4.67. The van der Waals surface area contributed by atoms with Crippen LogP contribution in [0.3, 0.4) is 0 Å². The summed E-state index contributed by atoms with van der Waals surface area (Å²) in [5.74, 6) is 0.241. The number of carbonyl (C=O) groups excluding carboxylic acids is 2. The Morgan fingerprint density at radius 3 is 2.94 bits per heavy atom. The lowest BCUT2D eigenvalue weighted by molar-refractivity contribution is 0.112. The Kier molecular flexibility index (Phi) is 4.02. The molecule has 0 atom stereocenters. The first-order chi connectivity index (χ1) is 7.54. The fourth-order valence-electron chi connectivity index (χ4n) is 0.963. The first-order valence-electron chi connectivity index (χ1n) is 4.28. The quantitative estimate of drug-likeness (QED) is 0.501. The van der Waals surface area contributed by atoms with Crippen LogP contribution in [0.25, 0.3) is 0 Å². The molecule has 0 aliphatic heterocycles. The highest BCUT2D eigenvalue weighted by Gasteiger charge is 2.10. The molecule has 1 amide bonds. The maximum atomic E-state index is 11.2. The lowest BCUT2D eigenvalue weighted by Crippen LogP contribution is -2.14. The van der Waals surface area contributed by atoms with Crippen molar-refractivity contribution in [3.8, 4) is 0 Å². The van der Waals surface area contributed by atoms with Gasteiger partial charge < -0.3 is 4.74 Å².